The molecule has 0 amide bonds. The highest BCUT2D eigenvalue weighted by molar-refractivity contribution is 5.71. The van der Waals surface area contributed by atoms with Crippen LogP contribution in [0.1, 0.15) is 184 Å². The zero-order chi connectivity index (χ0) is 43.2. The van der Waals surface area contributed by atoms with Gasteiger partial charge in [-0.15, -0.1) is 0 Å². The van der Waals surface area contributed by atoms with Crippen LogP contribution in [0.4, 0.5) is 0 Å². The van der Waals surface area contributed by atoms with Crippen molar-refractivity contribution >= 4 is 0 Å². The summed E-state index contributed by atoms with van der Waals surface area (Å²) in [5.41, 5.74) is 14.5. The molecular formula is C56H80N2+2. The highest BCUT2D eigenvalue weighted by Crippen LogP contribution is 2.68. The van der Waals surface area contributed by atoms with Crippen LogP contribution >= 0.6 is 0 Å². The van der Waals surface area contributed by atoms with E-state index in [4.69, 9.17) is 0 Å². The van der Waals surface area contributed by atoms with Gasteiger partial charge < -0.3 is 0 Å². The fraction of sp³-hybridized carbons (Fsp3) is 0.607. The SMILES string of the molecule is CCC1(C)c2cc3c(cc2-c2cc4c(c[n+]2C1(CC)CCc1ccccc1-c1cccc[n+]1C)C(C)(C)C(C)(C)C(C)(C)C4(C)C)C(C)(C)C(C)(C)C(C)(C)C3(C)C. The average Bonchev–Trinajstić information content (AvgIpc) is 3.16. The first-order chi connectivity index (χ1) is 26.5. The minimum atomic E-state index is -0.167. The molecule has 0 radical (unpaired) electrons. The number of hydrogen-bond acceptors (Lipinski definition) is 0. The molecule has 7 rings (SSSR count). The van der Waals surface area contributed by atoms with Gasteiger partial charge in [-0.05, 0) is 104 Å². The topological polar surface area (TPSA) is 7.76 Å². The predicted molar refractivity (Wildman–Crippen MR) is 247 cm³/mol. The molecule has 0 bridgehead atoms. The van der Waals surface area contributed by atoms with Crippen LogP contribution in [0.25, 0.3) is 22.5 Å². The number of benzene rings is 2. The zero-order valence-corrected chi connectivity index (χ0v) is 40.7. The molecule has 2 nitrogen and oxygen atoms in total. The van der Waals surface area contributed by atoms with E-state index >= 15 is 0 Å². The number of nitrogens with zero attached hydrogens (tertiary/aromatic N) is 2. The van der Waals surface area contributed by atoms with E-state index < -0.39 is 0 Å². The second-order valence-corrected chi connectivity index (χ2v) is 23.7. The van der Waals surface area contributed by atoms with Crippen molar-refractivity contribution in [3.63, 3.8) is 0 Å². The molecule has 2 aromatic heterocycles. The van der Waals surface area contributed by atoms with Crippen molar-refractivity contribution in [3.05, 3.63) is 106 Å². The molecule has 0 N–H and O–H groups in total. The highest BCUT2D eigenvalue weighted by Gasteiger charge is 2.66. The first kappa shape index (κ1) is 42.8. The summed E-state index contributed by atoms with van der Waals surface area (Å²) in [5, 5.41) is 0. The Labute approximate surface area is 355 Å². The van der Waals surface area contributed by atoms with Crippen molar-refractivity contribution in [2.75, 3.05) is 0 Å². The Morgan fingerprint density at radius 2 is 0.948 bits per heavy atom. The Balaban J connectivity index is 1.59. The van der Waals surface area contributed by atoms with Crippen LogP contribution in [0.2, 0.25) is 0 Å². The van der Waals surface area contributed by atoms with Gasteiger partial charge in [0.05, 0.1) is 11.0 Å². The number of fused-ring (bicyclic) bond motifs is 5. The van der Waals surface area contributed by atoms with Crippen molar-refractivity contribution in [3.8, 4) is 22.5 Å². The maximum absolute atomic E-state index is 2.89. The maximum Gasteiger partial charge on any atom is 0.213 e. The van der Waals surface area contributed by atoms with Gasteiger partial charge >= 0.3 is 0 Å². The third-order valence-corrected chi connectivity index (χ3v) is 21.1. The van der Waals surface area contributed by atoms with E-state index in [-0.39, 0.29) is 54.3 Å². The van der Waals surface area contributed by atoms with Crippen LogP contribution in [0.15, 0.2) is 73.1 Å². The fourth-order valence-corrected chi connectivity index (χ4v) is 13.2. The lowest BCUT2D eigenvalue weighted by molar-refractivity contribution is -0.770. The molecule has 1 aliphatic heterocycles. The van der Waals surface area contributed by atoms with Gasteiger partial charge in [0, 0.05) is 47.6 Å². The summed E-state index contributed by atoms with van der Waals surface area (Å²) < 4.78 is 5.16. The number of aryl methyl sites for hydroxylation is 2. The van der Waals surface area contributed by atoms with Gasteiger partial charge in [-0.25, -0.2) is 4.57 Å². The van der Waals surface area contributed by atoms with Crippen molar-refractivity contribution in [2.45, 2.75) is 190 Å². The van der Waals surface area contributed by atoms with Gasteiger partial charge in [0.15, 0.2) is 17.9 Å². The van der Waals surface area contributed by atoms with Crippen LogP contribution < -0.4 is 9.13 Å². The van der Waals surface area contributed by atoms with E-state index in [0.29, 0.717) is 0 Å². The monoisotopic (exact) mass is 781 g/mol. The Hall–Kier alpha value is -3.26. The van der Waals surface area contributed by atoms with Crippen molar-refractivity contribution in [1.82, 2.24) is 0 Å². The van der Waals surface area contributed by atoms with Crippen LogP contribution in [0.5, 0.6) is 0 Å². The first-order valence-corrected chi connectivity index (χ1v) is 22.8. The van der Waals surface area contributed by atoms with Gasteiger partial charge in [-0.3, -0.25) is 0 Å². The van der Waals surface area contributed by atoms with Crippen LogP contribution in [0.3, 0.4) is 0 Å². The van der Waals surface area contributed by atoms with E-state index in [1.54, 1.807) is 11.1 Å². The van der Waals surface area contributed by atoms with Crippen LogP contribution in [-0.4, -0.2) is 0 Å². The molecule has 3 aliphatic rings. The normalized spacial score (nSPS) is 27.1. The lowest BCUT2D eigenvalue weighted by Gasteiger charge is -2.64. The molecule has 2 atom stereocenters. The molecule has 2 heteroatoms. The second-order valence-electron chi connectivity index (χ2n) is 23.7. The lowest BCUT2D eigenvalue weighted by Crippen LogP contribution is -2.70. The second kappa shape index (κ2) is 12.6. The summed E-state index contributed by atoms with van der Waals surface area (Å²) in [7, 11) is 2.18. The minimum Gasteiger partial charge on any atom is -0.201 e. The number of aromatic nitrogens is 2. The van der Waals surface area contributed by atoms with Gasteiger partial charge in [0.2, 0.25) is 11.4 Å². The molecule has 58 heavy (non-hydrogen) atoms. The highest BCUT2D eigenvalue weighted by atomic mass is 15.1. The molecule has 0 spiro atoms. The molecular weight excluding hydrogens is 701 g/mol. The third-order valence-electron chi connectivity index (χ3n) is 21.1. The van der Waals surface area contributed by atoms with Gasteiger partial charge in [-0.2, -0.15) is 4.57 Å². The molecule has 4 aromatic rings. The van der Waals surface area contributed by atoms with E-state index in [1.807, 2.05) is 0 Å². The van der Waals surface area contributed by atoms with Crippen LogP contribution in [0, 0.1) is 21.7 Å². The Morgan fingerprint density at radius 3 is 1.47 bits per heavy atom. The Morgan fingerprint density at radius 1 is 0.466 bits per heavy atom. The van der Waals surface area contributed by atoms with Crippen molar-refractivity contribution < 1.29 is 9.13 Å². The molecule has 0 saturated heterocycles. The van der Waals surface area contributed by atoms with Crippen molar-refractivity contribution in [1.29, 1.82) is 0 Å². The summed E-state index contributed by atoms with van der Waals surface area (Å²) in [6.07, 6.45) is 9.08. The van der Waals surface area contributed by atoms with Gasteiger partial charge in [0.1, 0.15) is 7.05 Å². The summed E-state index contributed by atoms with van der Waals surface area (Å²) in [5.74, 6) is 0. The van der Waals surface area contributed by atoms with Gasteiger partial charge in [0.25, 0.3) is 0 Å². The van der Waals surface area contributed by atoms with E-state index in [1.165, 1.54) is 44.8 Å². The van der Waals surface area contributed by atoms with E-state index in [9.17, 15) is 0 Å². The maximum atomic E-state index is 2.89. The zero-order valence-electron chi connectivity index (χ0n) is 40.7. The molecule has 2 aromatic carbocycles. The summed E-state index contributed by atoms with van der Waals surface area (Å²) in [6, 6.07) is 24.0. The molecule has 0 fully saturated rings. The lowest BCUT2D eigenvalue weighted by atomic mass is 9.39. The number of hydrogen-bond donors (Lipinski definition) is 0. The van der Waals surface area contributed by atoms with Gasteiger partial charge in [-0.1, -0.05) is 149 Å². The molecule has 2 unspecified atom stereocenters. The summed E-state index contributed by atoms with van der Waals surface area (Å²) in [6.45, 7) is 48.3. The number of pyridine rings is 2. The fourth-order valence-electron chi connectivity index (χ4n) is 13.2. The first-order valence-electron chi connectivity index (χ1n) is 22.8. The number of rotatable bonds is 6. The average molecular weight is 781 g/mol. The Kier molecular flexibility index (Phi) is 9.34. The summed E-state index contributed by atoms with van der Waals surface area (Å²) >= 11 is 0. The predicted octanol–water partition coefficient (Wildman–Crippen LogP) is 13.8. The van der Waals surface area contributed by atoms with E-state index in [2.05, 4.69) is 221 Å². The smallest absolute Gasteiger partial charge is 0.201 e. The molecule has 2 aliphatic carbocycles. The molecule has 0 saturated carbocycles. The molecule has 3 heterocycles. The third kappa shape index (κ3) is 4.90. The Bertz CT molecular complexity index is 2300. The minimum absolute atomic E-state index is 0.0189. The van der Waals surface area contributed by atoms with Crippen LogP contribution in [-0.2, 0) is 46.1 Å². The van der Waals surface area contributed by atoms with E-state index in [0.717, 1.165) is 25.7 Å². The van der Waals surface area contributed by atoms with Crippen molar-refractivity contribution in [2.24, 2.45) is 28.7 Å². The largest absolute Gasteiger partial charge is 0.213 e. The molecule has 312 valence electrons. The quantitative estimate of drug-likeness (QED) is 0.172. The summed E-state index contributed by atoms with van der Waals surface area (Å²) in [4.78, 5) is 0. The standard InChI is InChI=1S/C56H80N2/c1-21-55(19)40-34-42-41(47(3,4)51(11,12)52(13,14)48(42,5)6)33-39(40)46-35-43-44(50(9,10)54(17,18)53(15,16)49(43,7)8)36-58(46)56(55,22-2)31-30-37-27-23-24-28-38(37)45-29-25-26-32-57(45)20/h23-29,32-36H,21-22,30-31H2,1-20H3/q+2.